The van der Waals surface area contributed by atoms with Gasteiger partial charge in [-0.1, -0.05) is 50.1 Å². The second kappa shape index (κ2) is 5.92. The van der Waals surface area contributed by atoms with Crippen molar-refractivity contribution in [1.29, 1.82) is 0 Å². The summed E-state index contributed by atoms with van der Waals surface area (Å²) in [6.07, 6.45) is 1.24. The van der Waals surface area contributed by atoms with Gasteiger partial charge in [-0.2, -0.15) is 0 Å². The van der Waals surface area contributed by atoms with Crippen LogP contribution in [-0.2, 0) is 0 Å². The molecule has 0 heterocycles. The predicted molar refractivity (Wildman–Crippen MR) is 67.3 cm³/mol. The van der Waals surface area contributed by atoms with Gasteiger partial charge < -0.3 is 5.32 Å². The van der Waals surface area contributed by atoms with Gasteiger partial charge >= 0.3 is 0 Å². The second-order valence-corrected chi connectivity index (χ2v) is 4.46. The number of benzene rings is 1. The minimum Gasteiger partial charge on any atom is -0.319 e. The lowest BCUT2D eigenvalue weighted by atomic mass is 9.85. The van der Waals surface area contributed by atoms with Crippen molar-refractivity contribution >= 4 is 0 Å². The van der Waals surface area contributed by atoms with Gasteiger partial charge in [-0.25, -0.2) is 0 Å². The van der Waals surface area contributed by atoms with Crippen molar-refractivity contribution in [2.45, 2.75) is 33.1 Å². The fourth-order valence-corrected chi connectivity index (χ4v) is 1.97. The van der Waals surface area contributed by atoms with Crippen LogP contribution in [0.2, 0.25) is 0 Å². The molecule has 0 fully saturated rings. The Morgan fingerprint density at radius 3 is 2.27 bits per heavy atom. The molecule has 2 unspecified atom stereocenters. The maximum Gasteiger partial charge on any atom is 0.00197 e. The van der Waals surface area contributed by atoms with Gasteiger partial charge in [0.2, 0.25) is 0 Å². The van der Waals surface area contributed by atoms with Crippen LogP contribution in [-0.4, -0.2) is 13.6 Å². The highest BCUT2D eigenvalue weighted by Gasteiger charge is 2.16. The number of hydrogen-bond acceptors (Lipinski definition) is 1. The number of nitrogens with one attached hydrogen (secondary N) is 1. The molecule has 1 heteroatoms. The lowest BCUT2D eigenvalue weighted by molar-refractivity contribution is 0.432. The number of aryl methyl sites for hydroxylation is 1. The fourth-order valence-electron chi connectivity index (χ4n) is 1.97. The zero-order chi connectivity index (χ0) is 11.3. The summed E-state index contributed by atoms with van der Waals surface area (Å²) in [7, 11) is 2.03. The van der Waals surface area contributed by atoms with E-state index in [0.29, 0.717) is 5.92 Å². The first kappa shape index (κ1) is 12.3. The lowest BCUT2D eigenvalue weighted by Gasteiger charge is -2.23. The first-order valence-electron chi connectivity index (χ1n) is 5.90. The maximum absolute atomic E-state index is 3.30. The molecule has 0 radical (unpaired) electrons. The summed E-state index contributed by atoms with van der Waals surface area (Å²) in [5.74, 6) is 1.38. The topological polar surface area (TPSA) is 12.0 Å². The van der Waals surface area contributed by atoms with Crippen LogP contribution < -0.4 is 5.32 Å². The average molecular weight is 205 g/mol. The summed E-state index contributed by atoms with van der Waals surface area (Å²) in [6, 6.07) is 8.95. The Morgan fingerprint density at radius 2 is 1.80 bits per heavy atom. The van der Waals surface area contributed by atoms with Gasteiger partial charge in [0.05, 0.1) is 0 Å². The SMILES string of the molecule is CCC(C)C(CNC)c1ccc(C)cc1. The Kier molecular flexibility index (Phi) is 4.83. The van der Waals surface area contributed by atoms with Crippen LogP contribution in [0, 0.1) is 12.8 Å². The van der Waals surface area contributed by atoms with Crippen molar-refractivity contribution < 1.29 is 0 Å². The minimum absolute atomic E-state index is 0.639. The van der Waals surface area contributed by atoms with Gasteiger partial charge in [0.15, 0.2) is 0 Å². The Bertz CT molecular complexity index is 276. The molecule has 0 saturated carbocycles. The quantitative estimate of drug-likeness (QED) is 0.777. The Labute approximate surface area is 93.9 Å². The van der Waals surface area contributed by atoms with Crippen LogP contribution in [0.25, 0.3) is 0 Å². The van der Waals surface area contributed by atoms with Crippen LogP contribution >= 0.6 is 0 Å². The summed E-state index contributed by atoms with van der Waals surface area (Å²) in [4.78, 5) is 0. The minimum atomic E-state index is 0.639. The van der Waals surface area contributed by atoms with E-state index >= 15 is 0 Å². The third-order valence-corrected chi connectivity index (χ3v) is 3.26. The third-order valence-electron chi connectivity index (χ3n) is 3.26. The van der Waals surface area contributed by atoms with E-state index in [1.165, 1.54) is 17.5 Å². The predicted octanol–water partition coefficient (Wildman–Crippen LogP) is 3.34. The summed E-state index contributed by atoms with van der Waals surface area (Å²) in [6.45, 7) is 7.81. The molecule has 2 atom stereocenters. The molecule has 1 N–H and O–H groups in total. The Morgan fingerprint density at radius 1 is 1.20 bits per heavy atom. The molecule has 0 amide bonds. The molecule has 0 aliphatic carbocycles. The lowest BCUT2D eigenvalue weighted by Crippen LogP contribution is -2.22. The molecule has 15 heavy (non-hydrogen) atoms. The normalized spacial score (nSPS) is 14.9. The van der Waals surface area contributed by atoms with Gasteiger partial charge in [0, 0.05) is 6.54 Å². The van der Waals surface area contributed by atoms with Gasteiger partial charge in [0.25, 0.3) is 0 Å². The van der Waals surface area contributed by atoms with E-state index in [1.807, 2.05) is 7.05 Å². The van der Waals surface area contributed by atoms with Crippen molar-refractivity contribution in [2.75, 3.05) is 13.6 Å². The van der Waals surface area contributed by atoms with Crippen LogP contribution in [0.4, 0.5) is 0 Å². The van der Waals surface area contributed by atoms with Crippen molar-refractivity contribution in [1.82, 2.24) is 5.32 Å². The maximum atomic E-state index is 3.30. The van der Waals surface area contributed by atoms with E-state index < -0.39 is 0 Å². The number of hydrogen-bond donors (Lipinski definition) is 1. The molecule has 0 bridgehead atoms. The molecule has 1 nitrogen and oxygen atoms in total. The van der Waals surface area contributed by atoms with Crippen molar-refractivity contribution in [3.8, 4) is 0 Å². The summed E-state index contributed by atoms with van der Waals surface area (Å²) in [5, 5.41) is 3.30. The van der Waals surface area contributed by atoms with E-state index in [1.54, 1.807) is 0 Å². The molecule has 0 aliphatic heterocycles. The molecule has 1 aromatic rings. The molecule has 1 aromatic carbocycles. The van der Waals surface area contributed by atoms with Crippen LogP contribution in [0.1, 0.15) is 37.3 Å². The average Bonchev–Trinajstić information content (AvgIpc) is 2.26. The second-order valence-electron chi connectivity index (χ2n) is 4.46. The fraction of sp³-hybridized carbons (Fsp3) is 0.571. The molecule has 0 spiro atoms. The van der Waals surface area contributed by atoms with Crippen LogP contribution in [0.15, 0.2) is 24.3 Å². The molecule has 0 aromatic heterocycles. The van der Waals surface area contributed by atoms with Crippen molar-refractivity contribution in [2.24, 2.45) is 5.92 Å². The number of rotatable bonds is 5. The highest BCUT2D eigenvalue weighted by atomic mass is 14.8. The van der Waals surface area contributed by atoms with Gasteiger partial charge in [-0.05, 0) is 31.4 Å². The summed E-state index contributed by atoms with van der Waals surface area (Å²) < 4.78 is 0. The summed E-state index contributed by atoms with van der Waals surface area (Å²) >= 11 is 0. The summed E-state index contributed by atoms with van der Waals surface area (Å²) in [5.41, 5.74) is 2.80. The largest absolute Gasteiger partial charge is 0.319 e. The Balaban J connectivity index is 2.83. The third kappa shape index (κ3) is 3.35. The van der Waals surface area contributed by atoms with E-state index in [2.05, 4.69) is 50.4 Å². The standard InChI is InChI=1S/C14H23N/c1-5-12(3)14(10-15-4)13-8-6-11(2)7-9-13/h6-9,12,14-15H,5,10H2,1-4H3. The smallest absolute Gasteiger partial charge is 0.00197 e. The van der Waals surface area contributed by atoms with E-state index in [-0.39, 0.29) is 0 Å². The highest BCUT2D eigenvalue weighted by Crippen LogP contribution is 2.26. The van der Waals surface area contributed by atoms with E-state index in [4.69, 9.17) is 0 Å². The molecule has 0 aliphatic rings. The molecule has 84 valence electrons. The van der Waals surface area contributed by atoms with Crippen LogP contribution in [0.5, 0.6) is 0 Å². The first-order chi connectivity index (χ1) is 7.19. The monoisotopic (exact) mass is 205 g/mol. The highest BCUT2D eigenvalue weighted by molar-refractivity contribution is 5.25. The molecular formula is C14H23N. The van der Waals surface area contributed by atoms with E-state index in [9.17, 15) is 0 Å². The zero-order valence-corrected chi connectivity index (χ0v) is 10.4. The van der Waals surface area contributed by atoms with Crippen molar-refractivity contribution in [3.63, 3.8) is 0 Å². The van der Waals surface area contributed by atoms with Gasteiger partial charge in [-0.3, -0.25) is 0 Å². The van der Waals surface area contributed by atoms with Gasteiger partial charge in [-0.15, -0.1) is 0 Å². The van der Waals surface area contributed by atoms with Gasteiger partial charge in [0.1, 0.15) is 0 Å². The van der Waals surface area contributed by atoms with Crippen molar-refractivity contribution in [3.05, 3.63) is 35.4 Å². The Hall–Kier alpha value is -0.820. The van der Waals surface area contributed by atoms with Crippen LogP contribution in [0.3, 0.4) is 0 Å². The molecule has 1 rings (SSSR count). The zero-order valence-electron chi connectivity index (χ0n) is 10.4. The first-order valence-corrected chi connectivity index (χ1v) is 5.90. The number of likely N-dealkylation sites (N-methyl/N-ethyl adjacent to an activating group) is 1. The van der Waals surface area contributed by atoms with E-state index in [0.717, 1.165) is 12.5 Å². The molecule has 0 saturated heterocycles. The molecular weight excluding hydrogens is 182 g/mol.